The highest BCUT2D eigenvalue weighted by Crippen LogP contribution is 2.24. The minimum absolute atomic E-state index is 0.0617. The Bertz CT molecular complexity index is 643. The monoisotopic (exact) mass is 360 g/mol. The Morgan fingerprint density at radius 2 is 1.91 bits per heavy atom. The van der Waals surface area contributed by atoms with Crippen molar-refractivity contribution in [1.29, 1.82) is 0 Å². The molecule has 2 rings (SSSR count). The Labute approximate surface area is 140 Å². The highest BCUT2D eigenvalue weighted by atomic mass is 79.9. The van der Waals surface area contributed by atoms with Gasteiger partial charge in [0, 0.05) is 16.2 Å². The average molecular weight is 361 g/mol. The van der Waals surface area contributed by atoms with E-state index in [0.29, 0.717) is 0 Å². The van der Waals surface area contributed by atoms with Crippen molar-refractivity contribution in [2.45, 2.75) is 26.3 Å². The number of amides is 1. The molecular formula is C18H21BrN2O. The molecule has 2 atom stereocenters. The van der Waals surface area contributed by atoms with E-state index in [1.807, 2.05) is 55.5 Å². The number of nitrogens with two attached hydrogens (primary N) is 1. The minimum atomic E-state index is -0.318. The van der Waals surface area contributed by atoms with E-state index >= 15 is 0 Å². The first kappa shape index (κ1) is 16.7. The lowest BCUT2D eigenvalue weighted by molar-refractivity contribution is -0.120. The van der Waals surface area contributed by atoms with Crippen LogP contribution < -0.4 is 11.1 Å². The smallest absolute Gasteiger partial charge is 0.229 e. The molecule has 0 radical (unpaired) electrons. The van der Waals surface area contributed by atoms with E-state index in [2.05, 4.69) is 28.2 Å². The zero-order valence-electron chi connectivity index (χ0n) is 12.8. The summed E-state index contributed by atoms with van der Waals surface area (Å²) in [5, 5.41) is 3.00. The zero-order valence-corrected chi connectivity index (χ0v) is 14.4. The van der Waals surface area contributed by atoms with Crippen molar-refractivity contribution in [3.63, 3.8) is 0 Å². The van der Waals surface area contributed by atoms with Gasteiger partial charge in [-0.25, -0.2) is 0 Å². The minimum Gasteiger partial charge on any atom is -0.326 e. The molecule has 0 heterocycles. The lowest BCUT2D eigenvalue weighted by Crippen LogP contribution is -2.30. The molecule has 3 nitrogen and oxygen atoms in total. The Balaban J connectivity index is 2.12. The van der Waals surface area contributed by atoms with Crippen LogP contribution >= 0.6 is 15.9 Å². The van der Waals surface area contributed by atoms with Gasteiger partial charge in [0.1, 0.15) is 0 Å². The molecule has 0 aliphatic heterocycles. The predicted octanol–water partition coefficient (Wildman–Crippen LogP) is 4.29. The molecule has 0 saturated carbocycles. The van der Waals surface area contributed by atoms with Crippen molar-refractivity contribution in [3.05, 3.63) is 64.1 Å². The maximum absolute atomic E-state index is 12.5. The van der Waals surface area contributed by atoms with E-state index < -0.39 is 0 Å². The summed E-state index contributed by atoms with van der Waals surface area (Å²) in [6.07, 6.45) is 0.855. The van der Waals surface area contributed by atoms with Crippen LogP contribution in [0.3, 0.4) is 0 Å². The fourth-order valence-corrected chi connectivity index (χ4v) is 2.76. The van der Waals surface area contributed by atoms with E-state index in [9.17, 15) is 4.79 Å². The van der Waals surface area contributed by atoms with Gasteiger partial charge in [0.15, 0.2) is 0 Å². The molecule has 0 aromatic heterocycles. The predicted molar refractivity (Wildman–Crippen MR) is 94.7 cm³/mol. The maximum Gasteiger partial charge on any atom is 0.229 e. The zero-order chi connectivity index (χ0) is 16.1. The van der Waals surface area contributed by atoms with E-state index in [1.165, 1.54) is 0 Å². The third kappa shape index (κ3) is 3.96. The summed E-state index contributed by atoms with van der Waals surface area (Å²) in [5.41, 5.74) is 9.14. The SMILES string of the molecule is CCc1cc(Br)ccc1NC(=O)C(C)C(N)c1ccccc1. The number of carbonyl (C=O) groups excluding carboxylic acids is 1. The first-order chi connectivity index (χ1) is 10.5. The molecule has 4 heteroatoms. The molecule has 116 valence electrons. The molecule has 2 aromatic rings. The van der Waals surface area contributed by atoms with Crippen LogP contribution in [0.15, 0.2) is 53.0 Å². The number of benzene rings is 2. The average Bonchev–Trinajstić information content (AvgIpc) is 2.55. The summed E-state index contributed by atoms with van der Waals surface area (Å²) in [4.78, 5) is 12.5. The molecule has 2 aromatic carbocycles. The van der Waals surface area contributed by atoms with Crippen molar-refractivity contribution >= 4 is 27.5 Å². The number of rotatable bonds is 5. The second kappa shape index (κ2) is 7.56. The summed E-state index contributed by atoms with van der Waals surface area (Å²) < 4.78 is 1.01. The topological polar surface area (TPSA) is 55.1 Å². The number of hydrogen-bond donors (Lipinski definition) is 2. The number of nitrogens with one attached hydrogen (secondary N) is 1. The van der Waals surface area contributed by atoms with Crippen molar-refractivity contribution in [3.8, 4) is 0 Å². The normalized spacial score (nSPS) is 13.5. The molecule has 0 aliphatic rings. The fourth-order valence-electron chi connectivity index (χ4n) is 2.35. The highest BCUT2D eigenvalue weighted by molar-refractivity contribution is 9.10. The van der Waals surface area contributed by atoms with Crippen LogP contribution in [0.4, 0.5) is 5.69 Å². The Morgan fingerprint density at radius 1 is 1.23 bits per heavy atom. The van der Waals surface area contributed by atoms with Gasteiger partial charge in [-0.1, -0.05) is 60.1 Å². The second-order valence-corrected chi connectivity index (χ2v) is 6.29. The van der Waals surface area contributed by atoms with Gasteiger partial charge in [0.05, 0.1) is 5.92 Å². The van der Waals surface area contributed by atoms with Crippen LogP contribution in [-0.4, -0.2) is 5.91 Å². The van der Waals surface area contributed by atoms with Gasteiger partial charge in [-0.05, 0) is 35.7 Å². The van der Waals surface area contributed by atoms with E-state index in [4.69, 9.17) is 5.73 Å². The second-order valence-electron chi connectivity index (χ2n) is 5.37. The number of carbonyl (C=O) groups is 1. The fraction of sp³-hybridized carbons (Fsp3) is 0.278. The lowest BCUT2D eigenvalue weighted by Gasteiger charge is -2.20. The molecule has 1 amide bonds. The van der Waals surface area contributed by atoms with Crippen LogP contribution in [0.1, 0.15) is 31.0 Å². The third-order valence-corrected chi connectivity index (χ3v) is 4.34. The standard InChI is InChI=1S/C18H21BrN2O/c1-3-13-11-15(19)9-10-16(13)21-18(22)12(2)17(20)14-7-5-4-6-8-14/h4-12,17H,3,20H2,1-2H3,(H,21,22). The Morgan fingerprint density at radius 3 is 2.55 bits per heavy atom. The van der Waals surface area contributed by atoms with E-state index in [0.717, 1.165) is 27.7 Å². The van der Waals surface area contributed by atoms with Gasteiger partial charge >= 0.3 is 0 Å². The number of hydrogen-bond acceptors (Lipinski definition) is 2. The molecule has 0 saturated heterocycles. The Kier molecular flexibility index (Phi) is 5.75. The first-order valence-electron chi connectivity index (χ1n) is 7.42. The van der Waals surface area contributed by atoms with Gasteiger partial charge < -0.3 is 11.1 Å². The van der Waals surface area contributed by atoms with E-state index in [1.54, 1.807) is 0 Å². The summed E-state index contributed by atoms with van der Waals surface area (Å²) in [7, 11) is 0. The first-order valence-corrected chi connectivity index (χ1v) is 8.22. The number of aryl methyl sites for hydroxylation is 1. The van der Waals surface area contributed by atoms with Gasteiger partial charge in [0.2, 0.25) is 5.91 Å². The van der Waals surface area contributed by atoms with Crippen molar-refractivity contribution in [1.82, 2.24) is 0 Å². The highest BCUT2D eigenvalue weighted by Gasteiger charge is 2.22. The molecule has 3 N–H and O–H groups in total. The van der Waals surface area contributed by atoms with Crippen LogP contribution in [0.2, 0.25) is 0 Å². The van der Waals surface area contributed by atoms with Gasteiger partial charge in [-0.15, -0.1) is 0 Å². The number of halogens is 1. The molecule has 0 spiro atoms. The van der Waals surface area contributed by atoms with Gasteiger partial charge in [-0.3, -0.25) is 4.79 Å². The van der Waals surface area contributed by atoms with E-state index in [-0.39, 0.29) is 17.9 Å². The lowest BCUT2D eigenvalue weighted by atomic mass is 9.94. The maximum atomic E-state index is 12.5. The van der Waals surface area contributed by atoms with Crippen molar-refractivity contribution in [2.75, 3.05) is 5.32 Å². The molecule has 22 heavy (non-hydrogen) atoms. The molecule has 2 unspecified atom stereocenters. The summed E-state index contributed by atoms with van der Waals surface area (Å²) in [5.74, 6) is -0.371. The third-order valence-electron chi connectivity index (χ3n) is 3.84. The quantitative estimate of drug-likeness (QED) is 0.835. The largest absolute Gasteiger partial charge is 0.326 e. The molecule has 0 aliphatic carbocycles. The van der Waals surface area contributed by atoms with Crippen LogP contribution in [-0.2, 0) is 11.2 Å². The van der Waals surface area contributed by atoms with Crippen LogP contribution in [0, 0.1) is 5.92 Å². The molecule has 0 fully saturated rings. The summed E-state index contributed by atoms with van der Waals surface area (Å²) in [6.45, 7) is 3.92. The van der Waals surface area contributed by atoms with Crippen LogP contribution in [0.5, 0.6) is 0 Å². The Hall–Kier alpha value is -1.65. The van der Waals surface area contributed by atoms with Crippen molar-refractivity contribution in [2.24, 2.45) is 11.7 Å². The number of anilines is 1. The summed E-state index contributed by atoms with van der Waals surface area (Å²) in [6, 6.07) is 15.3. The van der Waals surface area contributed by atoms with Crippen LogP contribution in [0.25, 0.3) is 0 Å². The summed E-state index contributed by atoms with van der Waals surface area (Å²) >= 11 is 3.45. The van der Waals surface area contributed by atoms with Crippen molar-refractivity contribution < 1.29 is 4.79 Å². The molecular weight excluding hydrogens is 340 g/mol. The van der Waals surface area contributed by atoms with Gasteiger partial charge in [-0.2, -0.15) is 0 Å². The van der Waals surface area contributed by atoms with Gasteiger partial charge in [0.25, 0.3) is 0 Å². The molecule has 0 bridgehead atoms.